The Morgan fingerprint density at radius 2 is 1.89 bits per heavy atom. The van der Waals surface area contributed by atoms with E-state index in [9.17, 15) is 4.79 Å². The minimum Gasteiger partial charge on any atom is -0.454 e. The molecule has 1 atom stereocenters. The van der Waals surface area contributed by atoms with Crippen molar-refractivity contribution in [1.29, 1.82) is 0 Å². The average Bonchev–Trinajstić information content (AvgIpc) is 3.28. The van der Waals surface area contributed by atoms with Gasteiger partial charge in [0.05, 0.1) is 18.8 Å². The molecule has 3 aliphatic rings. The van der Waals surface area contributed by atoms with Gasteiger partial charge in [-0.3, -0.25) is 9.48 Å². The summed E-state index contributed by atoms with van der Waals surface area (Å²) in [6.45, 7) is 1.27. The van der Waals surface area contributed by atoms with E-state index >= 15 is 0 Å². The van der Waals surface area contributed by atoms with Gasteiger partial charge in [0.15, 0.2) is 17.2 Å². The molecule has 7 heteroatoms. The molecule has 1 N–H and O–H groups in total. The summed E-state index contributed by atoms with van der Waals surface area (Å²) < 4.78 is 18.7. The molecule has 1 saturated carbocycles. The van der Waals surface area contributed by atoms with Crippen LogP contribution in [0.3, 0.4) is 0 Å². The summed E-state index contributed by atoms with van der Waals surface area (Å²) >= 11 is 0. The zero-order chi connectivity index (χ0) is 18.9. The van der Waals surface area contributed by atoms with Crippen LogP contribution in [0.15, 0.2) is 24.3 Å². The van der Waals surface area contributed by atoms with Crippen molar-refractivity contribution in [1.82, 2.24) is 15.1 Å². The van der Waals surface area contributed by atoms with Crippen LogP contribution in [-0.2, 0) is 17.9 Å². The van der Waals surface area contributed by atoms with Crippen LogP contribution in [0.2, 0.25) is 0 Å². The third-order valence-electron chi connectivity index (χ3n) is 5.83. The SMILES string of the molecule is O=C(NC1CCCCCC1)c1cc2n(n1)CC(c1ccc3c(c1)OCO3)OC2. The van der Waals surface area contributed by atoms with Crippen molar-refractivity contribution < 1.29 is 19.0 Å². The van der Waals surface area contributed by atoms with Crippen LogP contribution in [0.25, 0.3) is 0 Å². The predicted octanol–water partition coefficient (Wildman–Crippen LogP) is 3.34. The fourth-order valence-corrected chi connectivity index (χ4v) is 4.23. The topological polar surface area (TPSA) is 74.6 Å². The summed E-state index contributed by atoms with van der Waals surface area (Å²) in [6.07, 6.45) is 6.92. The van der Waals surface area contributed by atoms with Crippen LogP contribution >= 0.6 is 0 Å². The van der Waals surface area contributed by atoms with Crippen LogP contribution < -0.4 is 14.8 Å². The Bertz CT molecular complexity index is 871. The summed E-state index contributed by atoms with van der Waals surface area (Å²) in [5.41, 5.74) is 2.44. The molecule has 7 nitrogen and oxygen atoms in total. The lowest BCUT2D eigenvalue weighted by Gasteiger charge is -2.24. The zero-order valence-corrected chi connectivity index (χ0v) is 15.9. The first-order valence-electron chi connectivity index (χ1n) is 10.1. The molecule has 1 unspecified atom stereocenters. The number of nitrogens with one attached hydrogen (secondary N) is 1. The maximum Gasteiger partial charge on any atom is 0.272 e. The highest BCUT2D eigenvalue weighted by Gasteiger charge is 2.26. The predicted molar refractivity (Wildman–Crippen MR) is 101 cm³/mol. The highest BCUT2D eigenvalue weighted by Crippen LogP contribution is 2.36. The molecule has 1 aromatic carbocycles. The van der Waals surface area contributed by atoms with E-state index in [1.165, 1.54) is 25.7 Å². The lowest BCUT2D eigenvalue weighted by molar-refractivity contribution is -0.00128. The molecule has 0 spiro atoms. The van der Waals surface area contributed by atoms with E-state index < -0.39 is 0 Å². The van der Waals surface area contributed by atoms with Gasteiger partial charge in [0.2, 0.25) is 6.79 Å². The van der Waals surface area contributed by atoms with Gasteiger partial charge in [-0.05, 0) is 36.6 Å². The molecular formula is C21H25N3O4. The Labute approximate surface area is 164 Å². The van der Waals surface area contributed by atoms with Gasteiger partial charge < -0.3 is 19.5 Å². The first-order valence-corrected chi connectivity index (χ1v) is 10.1. The number of rotatable bonds is 3. The molecule has 3 heterocycles. The van der Waals surface area contributed by atoms with Crippen molar-refractivity contribution >= 4 is 5.91 Å². The third-order valence-corrected chi connectivity index (χ3v) is 5.83. The average molecular weight is 383 g/mol. The molecule has 1 aromatic heterocycles. The van der Waals surface area contributed by atoms with E-state index in [1.807, 2.05) is 28.9 Å². The van der Waals surface area contributed by atoms with Crippen LogP contribution in [0.4, 0.5) is 0 Å². The van der Waals surface area contributed by atoms with Crippen molar-refractivity contribution in [2.24, 2.45) is 0 Å². The first kappa shape index (κ1) is 17.6. The second-order valence-electron chi connectivity index (χ2n) is 7.78. The van der Waals surface area contributed by atoms with Crippen molar-refractivity contribution in [3.05, 3.63) is 41.2 Å². The van der Waals surface area contributed by atoms with Crippen molar-refractivity contribution in [3.63, 3.8) is 0 Å². The number of carbonyl (C=O) groups is 1. The highest BCUT2D eigenvalue weighted by molar-refractivity contribution is 5.92. The molecule has 0 radical (unpaired) electrons. The van der Waals surface area contributed by atoms with Gasteiger partial charge in [0, 0.05) is 6.04 Å². The summed E-state index contributed by atoms with van der Waals surface area (Å²) in [4.78, 5) is 12.7. The van der Waals surface area contributed by atoms with E-state index in [-0.39, 0.29) is 24.8 Å². The number of hydrogen-bond acceptors (Lipinski definition) is 5. The largest absolute Gasteiger partial charge is 0.454 e. The van der Waals surface area contributed by atoms with E-state index in [4.69, 9.17) is 14.2 Å². The van der Waals surface area contributed by atoms with Crippen LogP contribution in [0.5, 0.6) is 11.5 Å². The smallest absolute Gasteiger partial charge is 0.272 e. The molecule has 148 valence electrons. The fraction of sp³-hybridized carbons (Fsp3) is 0.524. The Hall–Kier alpha value is -2.54. The minimum atomic E-state index is -0.125. The van der Waals surface area contributed by atoms with Gasteiger partial charge in [0.1, 0.15) is 6.10 Å². The molecule has 0 saturated heterocycles. The molecule has 0 bridgehead atoms. The second kappa shape index (κ2) is 7.47. The normalized spacial score (nSPS) is 21.8. The van der Waals surface area contributed by atoms with Gasteiger partial charge in [-0.1, -0.05) is 31.7 Å². The summed E-state index contributed by atoms with van der Waals surface area (Å²) in [7, 11) is 0. The monoisotopic (exact) mass is 383 g/mol. The summed E-state index contributed by atoms with van der Waals surface area (Å²) in [5.74, 6) is 1.43. The van der Waals surface area contributed by atoms with E-state index in [0.29, 0.717) is 18.8 Å². The van der Waals surface area contributed by atoms with Gasteiger partial charge in [-0.2, -0.15) is 5.10 Å². The molecule has 28 heavy (non-hydrogen) atoms. The number of benzene rings is 1. The second-order valence-corrected chi connectivity index (χ2v) is 7.78. The maximum absolute atomic E-state index is 12.7. The Kier molecular flexibility index (Phi) is 4.68. The van der Waals surface area contributed by atoms with Gasteiger partial charge >= 0.3 is 0 Å². The quantitative estimate of drug-likeness (QED) is 0.823. The number of nitrogens with zero attached hydrogens (tertiary/aromatic N) is 2. The number of amides is 1. The third kappa shape index (κ3) is 3.46. The Morgan fingerprint density at radius 1 is 1.07 bits per heavy atom. The zero-order valence-electron chi connectivity index (χ0n) is 15.9. The van der Waals surface area contributed by atoms with Crippen molar-refractivity contribution in [2.45, 2.75) is 63.8 Å². The molecule has 1 aliphatic carbocycles. The summed E-state index contributed by atoms with van der Waals surface area (Å²) in [6, 6.07) is 7.98. The molecule has 1 fully saturated rings. The molecular weight excluding hydrogens is 358 g/mol. The Balaban J connectivity index is 1.28. The van der Waals surface area contributed by atoms with E-state index in [0.717, 1.165) is 35.6 Å². The molecule has 2 aromatic rings. The minimum absolute atomic E-state index is 0.0755. The molecule has 2 aliphatic heterocycles. The number of carbonyl (C=O) groups excluding carboxylic acids is 1. The lowest BCUT2D eigenvalue weighted by atomic mass is 10.1. The number of aromatic nitrogens is 2. The van der Waals surface area contributed by atoms with Gasteiger partial charge in [-0.15, -0.1) is 0 Å². The van der Waals surface area contributed by atoms with E-state index in [2.05, 4.69) is 10.4 Å². The standard InChI is InChI=1S/C21H25N3O4/c25-21(22-15-5-3-1-2-4-6-15)17-10-16-12-26-20(11-24(16)23-17)14-7-8-18-19(9-14)28-13-27-18/h7-10,15,20H,1-6,11-13H2,(H,22,25). The Morgan fingerprint density at radius 3 is 2.75 bits per heavy atom. The first-order chi connectivity index (χ1) is 13.8. The van der Waals surface area contributed by atoms with Gasteiger partial charge in [0.25, 0.3) is 5.91 Å². The maximum atomic E-state index is 12.7. The van der Waals surface area contributed by atoms with E-state index in [1.54, 1.807) is 0 Å². The summed E-state index contributed by atoms with van der Waals surface area (Å²) in [5, 5.41) is 7.73. The number of ether oxygens (including phenoxy) is 3. The van der Waals surface area contributed by atoms with Gasteiger partial charge in [-0.25, -0.2) is 0 Å². The van der Waals surface area contributed by atoms with Crippen molar-refractivity contribution in [2.75, 3.05) is 6.79 Å². The van der Waals surface area contributed by atoms with Crippen LogP contribution in [0, 0.1) is 0 Å². The van der Waals surface area contributed by atoms with Crippen LogP contribution in [-0.4, -0.2) is 28.5 Å². The fourth-order valence-electron chi connectivity index (χ4n) is 4.23. The van der Waals surface area contributed by atoms with Crippen molar-refractivity contribution in [3.8, 4) is 11.5 Å². The lowest BCUT2D eigenvalue weighted by Crippen LogP contribution is -2.34. The molecule has 1 amide bonds. The number of fused-ring (bicyclic) bond motifs is 2. The molecule has 5 rings (SSSR count). The highest BCUT2D eigenvalue weighted by atomic mass is 16.7. The number of hydrogen-bond donors (Lipinski definition) is 1. The van der Waals surface area contributed by atoms with Crippen LogP contribution in [0.1, 0.15) is 66.4 Å².